The number of carbonyl (C=O) groups is 1. The van der Waals surface area contributed by atoms with Gasteiger partial charge in [0.1, 0.15) is 23.8 Å². The first-order valence-corrected chi connectivity index (χ1v) is 9.39. The van der Waals surface area contributed by atoms with Gasteiger partial charge in [0.05, 0.1) is 13.2 Å². The summed E-state index contributed by atoms with van der Waals surface area (Å²) in [5, 5.41) is 3.55. The topological polar surface area (TPSA) is 83.5 Å². The van der Waals surface area contributed by atoms with Crippen LogP contribution >= 0.6 is 0 Å². The maximum Gasteiger partial charge on any atom is 0.151 e. The Morgan fingerprint density at radius 2 is 1.96 bits per heavy atom. The van der Waals surface area contributed by atoms with Crippen LogP contribution in [0.1, 0.15) is 23.2 Å². The largest absolute Gasteiger partial charge is 0.378 e. The number of anilines is 3. The Morgan fingerprint density at radius 3 is 2.74 bits per heavy atom. The third-order valence-electron chi connectivity index (χ3n) is 4.99. The lowest BCUT2D eigenvalue weighted by Crippen LogP contribution is -2.42. The fourth-order valence-electron chi connectivity index (χ4n) is 3.56. The van der Waals surface area contributed by atoms with Gasteiger partial charge in [0.15, 0.2) is 6.29 Å². The van der Waals surface area contributed by atoms with Crippen LogP contribution in [-0.4, -0.2) is 66.7 Å². The van der Waals surface area contributed by atoms with E-state index in [1.807, 2.05) is 18.2 Å². The van der Waals surface area contributed by atoms with E-state index in [1.54, 1.807) is 12.5 Å². The van der Waals surface area contributed by atoms with Crippen molar-refractivity contribution < 1.29 is 9.53 Å². The molecule has 4 heterocycles. The molecule has 4 rings (SSSR count). The average Bonchev–Trinajstić information content (AvgIpc) is 2.75. The fraction of sp³-hybridized carbons (Fsp3) is 0.474. The van der Waals surface area contributed by atoms with Crippen LogP contribution in [-0.2, 0) is 4.74 Å². The van der Waals surface area contributed by atoms with E-state index in [4.69, 9.17) is 4.74 Å². The molecule has 2 aliphatic heterocycles. The second kappa shape index (κ2) is 8.30. The minimum atomic E-state index is 0.290. The van der Waals surface area contributed by atoms with Gasteiger partial charge in [-0.15, -0.1) is 0 Å². The number of carbonyl (C=O) groups excluding carboxylic acids is 1. The molecular weight excluding hydrogens is 344 g/mol. The van der Waals surface area contributed by atoms with Gasteiger partial charge in [0, 0.05) is 50.0 Å². The molecule has 2 fully saturated rings. The number of nitrogens with zero attached hydrogens (tertiary/aromatic N) is 5. The standard InChI is InChI=1S/C19H24N6O2/c26-13-15-3-4-18(20-11-15)25-5-1-2-16(12-25)23-17-10-19(22-14-21-17)24-6-8-27-9-7-24/h3-4,10-11,13-14,16H,1-2,5-9,12H2,(H,21,22,23)/t16-/m1/s1. The molecule has 2 aliphatic rings. The van der Waals surface area contributed by atoms with E-state index >= 15 is 0 Å². The molecule has 27 heavy (non-hydrogen) atoms. The summed E-state index contributed by atoms with van der Waals surface area (Å²) in [6.45, 7) is 5.01. The molecule has 2 saturated heterocycles. The molecule has 1 N–H and O–H groups in total. The lowest BCUT2D eigenvalue weighted by Gasteiger charge is -2.34. The van der Waals surface area contributed by atoms with Gasteiger partial charge in [0.2, 0.25) is 0 Å². The van der Waals surface area contributed by atoms with Gasteiger partial charge >= 0.3 is 0 Å². The summed E-state index contributed by atoms with van der Waals surface area (Å²) in [6.07, 6.45) is 6.22. The first-order valence-electron chi connectivity index (χ1n) is 9.39. The summed E-state index contributed by atoms with van der Waals surface area (Å²) >= 11 is 0. The summed E-state index contributed by atoms with van der Waals surface area (Å²) in [6, 6.07) is 6.03. The molecule has 8 heteroatoms. The molecule has 0 amide bonds. The summed E-state index contributed by atoms with van der Waals surface area (Å²) in [7, 11) is 0. The number of rotatable bonds is 5. The Labute approximate surface area is 158 Å². The molecule has 0 spiro atoms. The highest BCUT2D eigenvalue weighted by Gasteiger charge is 2.22. The lowest BCUT2D eigenvalue weighted by atomic mass is 10.1. The molecule has 2 aromatic rings. The minimum absolute atomic E-state index is 0.290. The number of aromatic nitrogens is 3. The fourth-order valence-corrected chi connectivity index (χ4v) is 3.56. The Balaban J connectivity index is 1.40. The van der Waals surface area contributed by atoms with Crippen LogP contribution < -0.4 is 15.1 Å². The van der Waals surface area contributed by atoms with Crippen LogP contribution in [0.25, 0.3) is 0 Å². The van der Waals surface area contributed by atoms with E-state index in [2.05, 4.69) is 30.1 Å². The van der Waals surface area contributed by atoms with Gasteiger partial charge in [-0.05, 0) is 25.0 Å². The Bertz CT molecular complexity index is 763. The van der Waals surface area contributed by atoms with Crippen LogP contribution in [0.3, 0.4) is 0 Å². The molecule has 8 nitrogen and oxygen atoms in total. The SMILES string of the molecule is O=Cc1ccc(N2CCC[C@@H](Nc3cc(N4CCOCC4)ncn3)C2)nc1. The van der Waals surface area contributed by atoms with Crippen molar-refractivity contribution >= 4 is 23.7 Å². The van der Waals surface area contributed by atoms with Crippen molar-refractivity contribution in [2.45, 2.75) is 18.9 Å². The predicted octanol–water partition coefficient (Wildman–Crippen LogP) is 1.60. The summed E-state index contributed by atoms with van der Waals surface area (Å²) in [5.41, 5.74) is 0.599. The molecule has 0 bridgehead atoms. The van der Waals surface area contributed by atoms with Crippen LogP contribution in [0.15, 0.2) is 30.7 Å². The highest BCUT2D eigenvalue weighted by Crippen LogP contribution is 2.21. The summed E-state index contributed by atoms with van der Waals surface area (Å²) < 4.78 is 5.41. The van der Waals surface area contributed by atoms with Crippen molar-refractivity contribution in [3.8, 4) is 0 Å². The number of hydrogen-bond donors (Lipinski definition) is 1. The van der Waals surface area contributed by atoms with Gasteiger partial charge < -0.3 is 19.9 Å². The molecule has 2 aromatic heterocycles. The number of morpholine rings is 1. The van der Waals surface area contributed by atoms with Crippen molar-refractivity contribution in [3.05, 3.63) is 36.3 Å². The molecule has 0 saturated carbocycles. The van der Waals surface area contributed by atoms with E-state index in [0.29, 0.717) is 11.6 Å². The molecule has 142 valence electrons. The van der Waals surface area contributed by atoms with E-state index in [9.17, 15) is 4.79 Å². The van der Waals surface area contributed by atoms with Gasteiger partial charge in [-0.1, -0.05) is 0 Å². The summed E-state index contributed by atoms with van der Waals surface area (Å²) in [5.74, 6) is 2.70. The second-order valence-electron chi connectivity index (χ2n) is 6.86. The normalized spacial score (nSPS) is 20.4. The first-order chi connectivity index (χ1) is 13.3. The average molecular weight is 368 g/mol. The van der Waals surface area contributed by atoms with E-state index < -0.39 is 0 Å². The van der Waals surface area contributed by atoms with E-state index in [0.717, 1.165) is 76.0 Å². The molecule has 0 unspecified atom stereocenters. The maximum absolute atomic E-state index is 10.8. The van der Waals surface area contributed by atoms with Crippen LogP contribution in [0.2, 0.25) is 0 Å². The third-order valence-corrected chi connectivity index (χ3v) is 4.99. The smallest absolute Gasteiger partial charge is 0.151 e. The highest BCUT2D eigenvalue weighted by atomic mass is 16.5. The van der Waals surface area contributed by atoms with Crippen LogP contribution in [0.4, 0.5) is 17.5 Å². The number of hydrogen-bond acceptors (Lipinski definition) is 8. The lowest BCUT2D eigenvalue weighted by molar-refractivity contribution is 0.112. The monoisotopic (exact) mass is 368 g/mol. The van der Waals surface area contributed by atoms with Crippen LogP contribution in [0.5, 0.6) is 0 Å². The number of piperidine rings is 1. The molecule has 1 atom stereocenters. The zero-order chi connectivity index (χ0) is 18.5. The van der Waals surface area contributed by atoms with E-state index in [1.165, 1.54) is 0 Å². The van der Waals surface area contributed by atoms with Gasteiger partial charge in [-0.25, -0.2) is 15.0 Å². The number of ether oxygens (including phenoxy) is 1. The summed E-state index contributed by atoms with van der Waals surface area (Å²) in [4.78, 5) is 28.5. The van der Waals surface area contributed by atoms with Crippen LogP contribution in [0, 0.1) is 0 Å². The Kier molecular flexibility index (Phi) is 5.43. The zero-order valence-corrected chi connectivity index (χ0v) is 15.3. The first kappa shape index (κ1) is 17.7. The minimum Gasteiger partial charge on any atom is -0.378 e. The molecular formula is C19H24N6O2. The van der Waals surface area contributed by atoms with Gasteiger partial charge in [-0.2, -0.15) is 0 Å². The predicted molar refractivity (Wildman–Crippen MR) is 104 cm³/mol. The number of pyridine rings is 1. The molecule has 0 aromatic carbocycles. The Hall–Kier alpha value is -2.74. The van der Waals surface area contributed by atoms with Gasteiger partial charge in [-0.3, -0.25) is 4.79 Å². The van der Waals surface area contributed by atoms with Crippen molar-refractivity contribution in [1.29, 1.82) is 0 Å². The zero-order valence-electron chi connectivity index (χ0n) is 15.3. The van der Waals surface area contributed by atoms with Crippen molar-refractivity contribution in [3.63, 3.8) is 0 Å². The Morgan fingerprint density at radius 1 is 1.07 bits per heavy atom. The van der Waals surface area contributed by atoms with Crippen molar-refractivity contribution in [1.82, 2.24) is 15.0 Å². The molecule has 0 radical (unpaired) electrons. The molecule has 0 aliphatic carbocycles. The number of nitrogens with one attached hydrogen (secondary N) is 1. The van der Waals surface area contributed by atoms with Gasteiger partial charge in [0.25, 0.3) is 0 Å². The highest BCUT2D eigenvalue weighted by molar-refractivity contribution is 5.74. The quantitative estimate of drug-likeness (QED) is 0.797. The maximum atomic E-state index is 10.8. The number of aldehydes is 1. The van der Waals surface area contributed by atoms with Crippen molar-refractivity contribution in [2.75, 3.05) is 54.5 Å². The second-order valence-corrected chi connectivity index (χ2v) is 6.86. The van der Waals surface area contributed by atoms with E-state index in [-0.39, 0.29) is 0 Å². The third kappa shape index (κ3) is 4.33. The van der Waals surface area contributed by atoms with Crippen molar-refractivity contribution in [2.24, 2.45) is 0 Å².